The van der Waals surface area contributed by atoms with Gasteiger partial charge < -0.3 is 10.4 Å². The van der Waals surface area contributed by atoms with E-state index in [-0.39, 0.29) is 6.10 Å². The van der Waals surface area contributed by atoms with Gasteiger partial charge in [-0.15, -0.1) is 0 Å². The van der Waals surface area contributed by atoms with Crippen molar-refractivity contribution in [3.05, 3.63) is 0 Å². The summed E-state index contributed by atoms with van der Waals surface area (Å²) in [5.74, 6) is 0. The van der Waals surface area contributed by atoms with Crippen LogP contribution < -0.4 is 5.32 Å². The summed E-state index contributed by atoms with van der Waals surface area (Å²) in [6.45, 7) is 7.54. The van der Waals surface area contributed by atoms with Crippen LogP contribution >= 0.6 is 0 Å². The lowest BCUT2D eigenvalue weighted by molar-refractivity contribution is -0.00684. The molecule has 0 bridgehead atoms. The van der Waals surface area contributed by atoms with Gasteiger partial charge in [0.15, 0.2) is 0 Å². The predicted octanol–water partition coefficient (Wildman–Crippen LogP) is 0.658. The van der Waals surface area contributed by atoms with E-state index >= 15 is 0 Å². The highest BCUT2D eigenvalue weighted by Crippen LogP contribution is 2.24. The molecule has 0 aromatic heterocycles. The third-order valence-corrected chi connectivity index (χ3v) is 4.98. The molecule has 0 amide bonds. The van der Waals surface area contributed by atoms with E-state index in [1.807, 2.05) is 0 Å². The van der Waals surface area contributed by atoms with E-state index in [1.54, 1.807) is 0 Å². The molecule has 19 heavy (non-hydrogen) atoms. The summed E-state index contributed by atoms with van der Waals surface area (Å²) >= 11 is 0. The summed E-state index contributed by atoms with van der Waals surface area (Å²) in [5.41, 5.74) is 0. The Kier molecular flexibility index (Phi) is 4.42. The molecule has 3 atom stereocenters. The van der Waals surface area contributed by atoms with Crippen LogP contribution in [0.2, 0.25) is 0 Å². The van der Waals surface area contributed by atoms with Crippen LogP contribution in [0.5, 0.6) is 0 Å². The topological polar surface area (TPSA) is 38.7 Å². The normalized spacial score (nSPS) is 35.1. The van der Waals surface area contributed by atoms with Gasteiger partial charge in [0, 0.05) is 44.3 Å². The van der Waals surface area contributed by atoms with Crippen LogP contribution in [0.1, 0.15) is 39.0 Å². The van der Waals surface area contributed by atoms with Gasteiger partial charge in [-0.1, -0.05) is 6.42 Å². The van der Waals surface area contributed by atoms with Crippen LogP contribution in [0.15, 0.2) is 0 Å². The van der Waals surface area contributed by atoms with Crippen molar-refractivity contribution in [2.24, 2.45) is 0 Å². The maximum absolute atomic E-state index is 10.2. The Balaban J connectivity index is 1.46. The molecule has 0 aromatic carbocycles. The smallest absolute Gasteiger partial charge is 0.0791 e. The molecular weight excluding hydrogens is 238 g/mol. The number of hydrogen-bond acceptors (Lipinski definition) is 4. The fourth-order valence-electron chi connectivity index (χ4n) is 3.59. The Hall–Kier alpha value is -0.160. The minimum absolute atomic E-state index is 0.210. The molecule has 3 unspecified atom stereocenters. The van der Waals surface area contributed by atoms with Crippen LogP contribution in [-0.4, -0.2) is 71.9 Å². The van der Waals surface area contributed by atoms with Crippen molar-refractivity contribution in [3.8, 4) is 0 Å². The monoisotopic (exact) mass is 267 g/mol. The Labute approximate surface area is 117 Å². The van der Waals surface area contributed by atoms with E-state index in [9.17, 15) is 5.11 Å². The summed E-state index contributed by atoms with van der Waals surface area (Å²) < 4.78 is 0. The lowest BCUT2D eigenvalue weighted by Crippen LogP contribution is -2.60. The van der Waals surface area contributed by atoms with E-state index in [0.29, 0.717) is 12.1 Å². The second kappa shape index (κ2) is 6.08. The van der Waals surface area contributed by atoms with Crippen molar-refractivity contribution >= 4 is 0 Å². The molecule has 0 spiro atoms. The molecule has 3 aliphatic rings. The summed E-state index contributed by atoms with van der Waals surface area (Å²) in [6.07, 6.45) is 6.48. The second-order valence-electron chi connectivity index (χ2n) is 6.78. The minimum Gasteiger partial charge on any atom is -0.390 e. The maximum Gasteiger partial charge on any atom is 0.0791 e. The molecule has 4 heteroatoms. The average Bonchev–Trinajstić information content (AvgIpc) is 3.21. The van der Waals surface area contributed by atoms with Gasteiger partial charge >= 0.3 is 0 Å². The molecule has 4 nitrogen and oxygen atoms in total. The van der Waals surface area contributed by atoms with Crippen molar-refractivity contribution in [2.45, 2.75) is 63.3 Å². The van der Waals surface area contributed by atoms with Gasteiger partial charge in [-0.25, -0.2) is 0 Å². The molecule has 3 fully saturated rings. The number of piperidine rings is 1. The Morgan fingerprint density at radius 2 is 2.05 bits per heavy atom. The first kappa shape index (κ1) is 13.8. The first-order valence-corrected chi connectivity index (χ1v) is 8.12. The van der Waals surface area contributed by atoms with Crippen LogP contribution in [-0.2, 0) is 0 Å². The Bertz CT molecular complexity index is 295. The number of β-amino-alcohol motifs (C(OH)–C–C–N with tert-alkyl or cyclic N) is 1. The lowest BCUT2D eigenvalue weighted by atomic mass is 9.97. The first-order valence-electron chi connectivity index (χ1n) is 8.12. The number of fused-ring (bicyclic) bond motifs is 1. The van der Waals surface area contributed by atoms with E-state index in [1.165, 1.54) is 45.2 Å². The fraction of sp³-hybridized carbons (Fsp3) is 1.00. The quantitative estimate of drug-likeness (QED) is 0.767. The number of piperazine rings is 1. The van der Waals surface area contributed by atoms with Crippen molar-refractivity contribution in [1.82, 2.24) is 15.1 Å². The van der Waals surface area contributed by atoms with Gasteiger partial charge in [-0.2, -0.15) is 0 Å². The van der Waals surface area contributed by atoms with E-state index in [0.717, 1.165) is 25.7 Å². The van der Waals surface area contributed by atoms with Gasteiger partial charge in [0.1, 0.15) is 0 Å². The molecule has 2 N–H and O–H groups in total. The van der Waals surface area contributed by atoms with E-state index < -0.39 is 0 Å². The zero-order valence-electron chi connectivity index (χ0n) is 12.2. The number of aliphatic hydroxyl groups is 1. The highest BCUT2D eigenvalue weighted by atomic mass is 16.3. The standard InChI is InChI=1S/C15H29N3O/c1-12-9-17-7-3-2-4-14(17)10-18(12)11-15(19)8-16-13-5-6-13/h12-16,19H,2-11H2,1H3. The van der Waals surface area contributed by atoms with Gasteiger partial charge in [0.25, 0.3) is 0 Å². The largest absolute Gasteiger partial charge is 0.390 e. The zero-order chi connectivity index (χ0) is 13.2. The molecule has 0 aromatic rings. The SMILES string of the molecule is CC1CN2CCCCC2CN1CC(O)CNC1CC1. The molecule has 1 aliphatic carbocycles. The van der Waals surface area contributed by atoms with Crippen LogP contribution in [0.3, 0.4) is 0 Å². The highest BCUT2D eigenvalue weighted by Gasteiger charge is 2.33. The summed E-state index contributed by atoms with van der Waals surface area (Å²) in [4.78, 5) is 5.17. The van der Waals surface area contributed by atoms with Crippen molar-refractivity contribution in [2.75, 3.05) is 32.7 Å². The molecule has 2 saturated heterocycles. The van der Waals surface area contributed by atoms with E-state index in [2.05, 4.69) is 22.0 Å². The number of rotatable bonds is 5. The zero-order valence-corrected chi connectivity index (χ0v) is 12.2. The first-order chi connectivity index (χ1) is 9.22. The van der Waals surface area contributed by atoms with E-state index in [4.69, 9.17) is 0 Å². The van der Waals surface area contributed by atoms with Gasteiger partial charge in [-0.3, -0.25) is 9.80 Å². The Morgan fingerprint density at radius 3 is 2.84 bits per heavy atom. The molecule has 2 heterocycles. The highest BCUT2D eigenvalue weighted by molar-refractivity contribution is 4.90. The third kappa shape index (κ3) is 3.69. The van der Waals surface area contributed by atoms with Gasteiger partial charge in [-0.05, 0) is 39.2 Å². The minimum atomic E-state index is -0.210. The average molecular weight is 267 g/mol. The summed E-state index contributed by atoms with van der Waals surface area (Å²) in [7, 11) is 0. The number of hydrogen-bond donors (Lipinski definition) is 2. The van der Waals surface area contributed by atoms with Crippen LogP contribution in [0.25, 0.3) is 0 Å². The van der Waals surface area contributed by atoms with Crippen LogP contribution in [0, 0.1) is 0 Å². The molecule has 0 radical (unpaired) electrons. The predicted molar refractivity (Wildman–Crippen MR) is 77.3 cm³/mol. The van der Waals surface area contributed by atoms with Gasteiger partial charge in [0.05, 0.1) is 6.10 Å². The van der Waals surface area contributed by atoms with Crippen molar-refractivity contribution in [1.29, 1.82) is 0 Å². The van der Waals surface area contributed by atoms with Gasteiger partial charge in [0.2, 0.25) is 0 Å². The number of aliphatic hydroxyl groups excluding tert-OH is 1. The molecule has 110 valence electrons. The fourth-order valence-corrected chi connectivity index (χ4v) is 3.59. The third-order valence-electron chi connectivity index (χ3n) is 4.98. The second-order valence-corrected chi connectivity index (χ2v) is 6.78. The molecule has 2 aliphatic heterocycles. The molecule has 1 saturated carbocycles. The Morgan fingerprint density at radius 1 is 1.21 bits per heavy atom. The van der Waals surface area contributed by atoms with Crippen molar-refractivity contribution < 1.29 is 5.11 Å². The number of nitrogens with zero attached hydrogens (tertiary/aromatic N) is 2. The molecular formula is C15H29N3O. The molecule has 3 rings (SSSR count). The summed E-state index contributed by atoms with van der Waals surface area (Å²) in [5, 5.41) is 13.6. The van der Waals surface area contributed by atoms with Crippen molar-refractivity contribution in [3.63, 3.8) is 0 Å². The summed E-state index contributed by atoms with van der Waals surface area (Å²) in [6, 6.07) is 2.03. The lowest BCUT2D eigenvalue weighted by Gasteiger charge is -2.48. The maximum atomic E-state index is 10.2. The van der Waals surface area contributed by atoms with Crippen LogP contribution in [0.4, 0.5) is 0 Å². The number of nitrogens with one attached hydrogen (secondary N) is 1.